The van der Waals surface area contributed by atoms with E-state index in [1.807, 2.05) is 88.6 Å². The molecule has 1 aliphatic heterocycles. The zero-order valence-electron chi connectivity index (χ0n) is 30.8. The Balaban J connectivity index is 0.00000126. The Morgan fingerprint density at radius 2 is 1.62 bits per heavy atom. The lowest BCUT2D eigenvalue weighted by atomic mass is 10.0. The fourth-order valence-corrected chi connectivity index (χ4v) is 5.95. The minimum absolute atomic E-state index is 0.0666. The highest BCUT2D eigenvalue weighted by atomic mass is 16.5. The molecule has 5 aromatic heterocycles. The van der Waals surface area contributed by atoms with Gasteiger partial charge in [-0.15, -0.1) is 0 Å². The Labute approximate surface area is 305 Å². The molecule has 7 rings (SSSR count). The molecule has 1 saturated heterocycles. The van der Waals surface area contributed by atoms with Gasteiger partial charge in [0.1, 0.15) is 29.0 Å². The van der Waals surface area contributed by atoms with Gasteiger partial charge in [-0.3, -0.25) is 14.5 Å². The van der Waals surface area contributed by atoms with Gasteiger partial charge in [-0.05, 0) is 86.8 Å². The van der Waals surface area contributed by atoms with Gasteiger partial charge in [0.05, 0.1) is 29.3 Å². The number of aromatic nitrogens is 7. The third-order valence-corrected chi connectivity index (χ3v) is 8.25. The molecule has 1 fully saturated rings. The molecule has 0 aliphatic carbocycles. The number of likely N-dealkylation sites (tertiary alicyclic amines) is 1. The lowest BCUT2D eigenvalue weighted by Crippen LogP contribution is -2.38. The van der Waals surface area contributed by atoms with E-state index in [9.17, 15) is 0 Å². The standard InChI is InChI=1S/C36H35N11O.2C2H6/c1-23(2)48-27-9-10-29(41-21-27)30-11-12-31-36(43-30)47(35(44-31)28-4-3-16-40-34(28)38)26-7-5-24(6-8-26)22-46-18-14-25(15-19-46)42-32-13-17-39-33(20-37)45-32;2*1-2/h3-13,16-17,21,23,25H,14-15,18-19,22H2,1-2H3,(H2,38,40)(H,39,42,45);2*1-2H3. The first-order chi connectivity index (χ1) is 25.4. The van der Waals surface area contributed by atoms with Gasteiger partial charge in [-0.1, -0.05) is 39.8 Å². The molecule has 268 valence electrons. The van der Waals surface area contributed by atoms with E-state index >= 15 is 0 Å². The predicted molar refractivity (Wildman–Crippen MR) is 207 cm³/mol. The number of ether oxygens (including phenoxy) is 1. The number of rotatable bonds is 9. The van der Waals surface area contributed by atoms with E-state index in [0.717, 1.165) is 60.6 Å². The van der Waals surface area contributed by atoms with E-state index < -0.39 is 0 Å². The van der Waals surface area contributed by atoms with E-state index in [0.29, 0.717) is 34.9 Å². The van der Waals surface area contributed by atoms with Gasteiger partial charge in [0, 0.05) is 43.8 Å². The van der Waals surface area contributed by atoms with Gasteiger partial charge in [0.2, 0.25) is 5.82 Å². The number of hydrogen-bond donors (Lipinski definition) is 2. The zero-order chi connectivity index (χ0) is 37.0. The Hall–Kier alpha value is -5.93. The van der Waals surface area contributed by atoms with Gasteiger partial charge in [-0.25, -0.2) is 24.9 Å². The molecule has 0 atom stereocenters. The summed E-state index contributed by atoms with van der Waals surface area (Å²) in [5.41, 5.74) is 12.1. The molecular weight excluding hydrogens is 651 g/mol. The molecular formula is C40H47N11O. The average Bonchev–Trinajstić information content (AvgIpc) is 3.56. The van der Waals surface area contributed by atoms with Crippen molar-refractivity contribution in [1.29, 1.82) is 5.26 Å². The SMILES string of the molecule is CC.CC.CC(C)Oc1ccc(-c2ccc3nc(-c4cccnc4N)n(-c4ccc(CN5CCC(Nc6ccnc(C#N)n6)CC5)cc4)c3n2)nc1. The number of anilines is 2. The van der Waals surface area contributed by atoms with Gasteiger partial charge < -0.3 is 15.8 Å². The van der Waals surface area contributed by atoms with Crippen LogP contribution in [0.2, 0.25) is 0 Å². The summed E-state index contributed by atoms with van der Waals surface area (Å²) in [6.07, 6.45) is 7.05. The second kappa shape index (κ2) is 17.8. The van der Waals surface area contributed by atoms with Crippen molar-refractivity contribution in [3.8, 4) is 40.3 Å². The van der Waals surface area contributed by atoms with Crippen molar-refractivity contribution in [3.05, 3.63) is 96.7 Å². The number of fused-ring (bicyclic) bond motifs is 1. The molecule has 0 saturated carbocycles. The molecule has 52 heavy (non-hydrogen) atoms. The first kappa shape index (κ1) is 37.3. The lowest BCUT2D eigenvalue weighted by molar-refractivity contribution is 0.211. The number of pyridine rings is 3. The molecule has 1 aliphatic rings. The van der Waals surface area contributed by atoms with Crippen LogP contribution < -0.4 is 15.8 Å². The maximum absolute atomic E-state index is 9.09. The number of nitrogens with zero attached hydrogens (tertiary/aromatic N) is 9. The largest absolute Gasteiger partial charge is 0.489 e. The predicted octanol–water partition coefficient (Wildman–Crippen LogP) is 7.70. The fourth-order valence-electron chi connectivity index (χ4n) is 5.95. The summed E-state index contributed by atoms with van der Waals surface area (Å²) in [6, 6.07) is 24.1. The Morgan fingerprint density at radius 3 is 2.29 bits per heavy atom. The number of piperidine rings is 1. The monoisotopic (exact) mass is 697 g/mol. The summed E-state index contributed by atoms with van der Waals surface area (Å²) in [6.45, 7) is 14.7. The van der Waals surface area contributed by atoms with Crippen molar-refractivity contribution in [2.75, 3.05) is 24.1 Å². The maximum Gasteiger partial charge on any atom is 0.234 e. The summed E-state index contributed by atoms with van der Waals surface area (Å²) in [4.78, 5) is 29.6. The minimum Gasteiger partial charge on any atom is -0.489 e. The van der Waals surface area contributed by atoms with Crippen LogP contribution in [0.4, 0.5) is 11.6 Å². The first-order valence-electron chi connectivity index (χ1n) is 18.0. The van der Waals surface area contributed by atoms with Crippen LogP contribution in [0, 0.1) is 11.3 Å². The highest BCUT2D eigenvalue weighted by Gasteiger charge is 2.21. The van der Waals surface area contributed by atoms with Crippen molar-refractivity contribution < 1.29 is 4.74 Å². The molecule has 0 bridgehead atoms. The van der Waals surface area contributed by atoms with E-state index in [4.69, 9.17) is 25.7 Å². The zero-order valence-corrected chi connectivity index (χ0v) is 30.8. The average molecular weight is 698 g/mol. The highest BCUT2D eigenvalue weighted by Crippen LogP contribution is 2.32. The molecule has 12 heteroatoms. The lowest BCUT2D eigenvalue weighted by Gasteiger charge is -2.32. The fraction of sp³-hybridized carbons (Fsp3) is 0.325. The summed E-state index contributed by atoms with van der Waals surface area (Å²) in [5, 5.41) is 12.5. The number of hydrogen-bond acceptors (Lipinski definition) is 11. The van der Waals surface area contributed by atoms with Crippen LogP contribution in [-0.2, 0) is 6.54 Å². The second-order valence-electron chi connectivity index (χ2n) is 12.0. The summed E-state index contributed by atoms with van der Waals surface area (Å²) < 4.78 is 7.81. The summed E-state index contributed by atoms with van der Waals surface area (Å²) in [7, 11) is 0. The van der Waals surface area contributed by atoms with Crippen LogP contribution in [0.1, 0.15) is 65.8 Å². The second-order valence-corrected chi connectivity index (χ2v) is 12.0. The van der Waals surface area contributed by atoms with E-state index in [-0.39, 0.29) is 11.9 Å². The van der Waals surface area contributed by atoms with Gasteiger partial charge in [0.15, 0.2) is 11.5 Å². The molecule has 3 N–H and O–H groups in total. The molecule has 0 amide bonds. The summed E-state index contributed by atoms with van der Waals surface area (Å²) >= 11 is 0. The molecule has 12 nitrogen and oxygen atoms in total. The van der Waals surface area contributed by atoms with E-state index in [2.05, 4.69) is 54.4 Å². The third kappa shape index (κ3) is 8.86. The number of nitrogens with two attached hydrogens (primary N) is 1. The van der Waals surface area contributed by atoms with Gasteiger partial charge >= 0.3 is 0 Å². The van der Waals surface area contributed by atoms with E-state index in [1.54, 1.807) is 24.7 Å². The number of nitriles is 1. The topological polar surface area (TPSA) is 157 Å². The Bertz CT molecular complexity index is 2080. The molecule has 6 heterocycles. The summed E-state index contributed by atoms with van der Waals surface area (Å²) in [5.74, 6) is 2.66. The number of imidazole rings is 1. The van der Waals surface area contributed by atoms with Crippen molar-refractivity contribution in [3.63, 3.8) is 0 Å². The van der Waals surface area contributed by atoms with Crippen LogP contribution in [0.3, 0.4) is 0 Å². The minimum atomic E-state index is 0.0666. The first-order valence-corrected chi connectivity index (χ1v) is 18.0. The van der Waals surface area contributed by atoms with Crippen LogP contribution in [-0.4, -0.2) is 64.6 Å². The molecule has 6 aromatic rings. The van der Waals surface area contributed by atoms with Crippen molar-refractivity contribution >= 4 is 22.8 Å². The van der Waals surface area contributed by atoms with Crippen molar-refractivity contribution in [2.45, 2.75) is 73.1 Å². The van der Waals surface area contributed by atoms with Crippen LogP contribution in [0.25, 0.3) is 39.6 Å². The normalized spacial score (nSPS) is 13.0. The number of nitrogen functional groups attached to an aromatic ring is 1. The maximum atomic E-state index is 9.09. The van der Waals surface area contributed by atoms with Crippen LogP contribution in [0.5, 0.6) is 5.75 Å². The third-order valence-electron chi connectivity index (χ3n) is 8.25. The van der Waals surface area contributed by atoms with Crippen LogP contribution >= 0.6 is 0 Å². The molecule has 0 unspecified atom stereocenters. The highest BCUT2D eigenvalue weighted by molar-refractivity contribution is 5.84. The van der Waals surface area contributed by atoms with Crippen LogP contribution in [0.15, 0.2) is 85.3 Å². The Morgan fingerprint density at radius 1 is 0.865 bits per heavy atom. The number of benzene rings is 1. The number of nitrogens with one attached hydrogen (secondary N) is 1. The van der Waals surface area contributed by atoms with E-state index in [1.165, 1.54) is 5.56 Å². The van der Waals surface area contributed by atoms with Crippen molar-refractivity contribution in [1.82, 2.24) is 39.4 Å². The van der Waals surface area contributed by atoms with Gasteiger partial charge in [0.25, 0.3) is 0 Å². The van der Waals surface area contributed by atoms with Gasteiger partial charge in [-0.2, -0.15) is 5.26 Å². The quantitative estimate of drug-likeness (QED) is 0.153. The Kier molecular flexibility index (Phi) is 12.8. The van der Waals surface area contributed by atoms with Crippen molar-refractivity contribution in [2.24, 2.45) is 0 Å². The molecule has 1 aromatic carbocycles. The smallest absolute Gasteiger partial charge is 0.234 e. The molecule has 0 spiro atoms. The molecule has 0 radical (unpaired) electrons.